The molecular weight excluding hydrogens is 402 g/mol. The highest BCUT2D eigenvalue weighted by Crippen LogP contribution is 2.28. The van der Waals surface area contributed by atoms with Crippen molar-refractivity contribution >= 4 is 34.9 Å². The molecule has 0 radical (unpaired) electrons. The van der Waals surface area contributed by atoms with E-state index >= 15 is 0 Å². The summed E-state index contributed by atoms with van der Waals surface area (Å²) < 4.78 is 0. The van der Waals surface area contributed by atoms with Gasteiger partial charge in [-0.1, -0.05) is 42.8 Å². The maximum absolute atomic E-state index is 12.8. The molecule has 1 aliphatic heterocycles. The number of halogens is 1. The first kappa shape index (κ1) is 21.9. The lowest BCUT2D eigenvalue weighted by Crippen LogP contribution is -2.46. The maximum atomic E-state index is 12.8. The Morgan fingerprint density at radius 3 is 2.37 bits per heavy atom. The van der Waals surface area contributed by atoms with Gasteiger partial charge in [-0.15, -0.1) is 0 Å². The normalized spacial score (nSPS) is 15.5. The Balaban J connectivity index is 1.70. The van der Waals surface area contributed by atoms with E-state index in [-0.39, 0.29) is 12.3 Å². The number of anilines is 2. The Bertz CT molecular complexity index is 866. The monoisotopic (exact) mass is 429 g/mol. The van der Waals surface area contributed by atoms with Crippen LogP contribution in [0.5, 0.6) is 0 Å². The van der Waals surface area contributed by atoms with Gasteiger partial charge in [0.15, 0.2) is 0 Å². The molecule has 2 aromatic carbocycles. The second-order valence-corrected chi connectivity index (χ2v) is 7.74. The zero-order valence-electron chi connectivity index (χ0n) is 17.1. The number of primary amides is 1. The molecule has 1 fully saturated rings. The van der Waals surface area contributed by atoms with E-state index in [9.17, 15) is 9.59 Å². The number of nitrogens with one attached hydrogen (secondary N) is 2. The van der Waals surface area contributed by atoms with Crippen LogP contribution in [0.2, 0.25) is 5.02 Å². The van der Waals surface area contributed by atoms with Gasteiger partial charge in [0.25, 0.3) is 0 Å². The van der Waals surface area contributed by atoms with Crippen LogP contribution in [-0.4, -0.2) is 49.6 Å². The van der Waals surface area contributed by atoms with Crippen LogP contribution in [0, 0.1) is 0 Å². The van der Waals surface area contributed by atoms with E-state index in [0.29, 0.717) is 5.02 Å². The largest absolute Gasteiger partial charge is 0.367 e. The average Bonchev–Trinajstić information content (AvgIpc) is 2.74. The first-order valence-electron chi connectivity index (χ1n) is 10.1. The van der Waals surface area contributed by atoms with Crippen molar-refractivity contribution in [1.82, 2.24) is 10.2 Å². The summed E-state index contributed by atoms with van der Waals surface area (Å²) in [4.78, 5) is 29.0. The third kappa shape index (κ3) is 5.87. The summed E-state index contributed by atoms with van der Waals surface area (Å²) in [5, 5.41) is 6.23. The molecule has 160 valence electrons. The summed E-state index contributed by atoms with van der Waals surface area (Å²) in [5.74, 6) is -0.205. The molecule has 4 N–H and O–H groups in total. The van der Waals surface area contributed by atoms with Gasteiger partial charge in [-0.3, -0.25) is 4.79 Å². The topological polar surface area (TPSA) is 90.7 Å². The van der Waals surface area contributed by atoms with Crippen molar-refractivity contribution in [3.63, 3.8) is 0 Å². The molecule has 3 amide bonds. The predicted octanol–water partition coefficient (Wildman–Crippen LogP) is 3.22. The molecule has 2 aromatic rings. The number of hydrogen-bond acceptors (Lipinski definition) is 4. The summed E-state index contributed by atoms with van der Waals surface area (Å²) in [6.07, 6.45) is 0.0581. The molecule has 1 heterocycles. The number of likely N-dealkylation sites (N-methyl/N-ethyl adjacent to an activating group) is 1. The second-order valence-electron chi connectivity index (χ2n) is 7.30. The van der Waals surface area contributed by atoms with Gasteiger partial charge in [-0.05, 0) is 36.4 Å². The summed E-state index contributed by atoms with van der Waals surface area (Å²) in [5.41, 5.74) is 7.85. The zero-order valence-corrected chi connectivity index (χ0v) is 17.9. The molecule has 1 unspecified atom stereocenters. The minimum absolute atomic E-state index is 0.0581. The van der Waals surface area contributed by atoms with Gasteiger partial charge in [0.05, 0.1) is 23.8 Å². The number of rotatable bonds is 7. The number of para-hydroxylation sites is 2. The Kier molecular flexibility index (Phi) is 7.54. The molecule has 0 aliphatic carbocycles. The standard InChI is InChI=1S/C22H28ClN5O2/c1-2-27-11-13-28(14-12-27)20-6-4-3-5-18(20)25-21(29)15-19(26-22(24)30)16-7-9-17(23)10-8-16/h3-10,19H,2,11-15H2,1H3,(H,25,29)(H3,24,26,30). The molecule has 30 heavy (non-hydrogen) atoms. The highest BCUT2D eigenvalue weighted by Gasteiger charge is 2.21. The smallest absolute Gasteiger partial charge is 0.312 e. The highest BCUT2D eigenvalue weighted by atomic mass is 35.5. The van der Waals surface area contributed by atoms with Crippen molar-refractivity contribution < 1.29 is 9.59 Å². The molecule has 0 saturated carbocycles. The molecule has 8 heteroatoms. The number of benzene rings is 2. The van der Waals surface area contributed by atoms with E-state index in [2.05, 4.69) is 27.4 Å². The fourth-order valence-electron chi connectivity index (χ4n) is 3.67. The molecule has 3 rings (SSSR count). The van der Waals surface area contributed by atoms with Crippen molar-refractivity contribution in [3.8, 4) is 0 Å². The number of piperazine rings is 1. The van der Waals surface area contributed by atoms with Gasteiger partial charge < -0.3 is 26.2 Å². The quantitative estimate of drug-likeness (QED) is 0.630. The summed E-state index contributed by atoms with van der Waals surface area (Å²) in [6, 6.07) is 13.6. The molecule has 1 aliphatic rings. The maximum Gasteiger partial charge on any atom is 0.312 e. The van der Waals surface area contributed by atoms with E-state index < -0.39 is 12.1 Å². The van der Waals surface area contributed by atoms with Crippen LogP contribution < -0.4 is 21.3 Å². The van der Waals surface area contributed by atoms with Crippen LogP contribution in [0.25, 0.3) is 0 Å². The van der Waals surface area contributed by atoms with Crippen LogP contribution in [0.3, 0.4) is 0 Å². The number of nitrogens with zero attached hydrogens (tertiary/aromatic N) is 2. The lowest BCUT2D eigenvalue weighted by Gasteiger charge is -2.36. The number of hydrogen-bond donors (Lipinski definition) is 3. The van der Waals surface area contributed by atoms with Gasteiger partial charge in [0.1, 0.15) is 0 Å². The average molecular weight is 430 g/mol. The van der Waals surface area contributed by atoms with Crippen LogP contribution in [-0.2, 0) is 4.79 Å². The van der Waals surface area contributed by atoms with Crippen molar-refractivity contribution in [2.45, 2.75) is 19.4 Å². The predicted molar refractivity (Wildman–Crippen MR) is 121 cm³/mol. The summed E-state index contributed by atoms with van der Waals surface area (Å²) in [6.45, 7) is 7.04. The molecule has 1 saturated heterocycles. The first-order chi connectivity index (χ1) is 14.5. The Morgan fingerprint density at radius 2 is 1.73 bits per heavy atom. The summed E-state index contributed by atoms with van der Waals surface area (Å²) in [7, 11) is 0. The molecule has 1 atom stereocenters. The number of nitrogens with two attached hydrogens (primary N) is 1. The molecule has 0 spiro atoms. The van der Waals surface area contributed by atoms with Gasteiger partial charge in [-0.25, -0.2) is 4.79 Å². The highest BCUT2D eigenvalue weighted by molar-refractivity contribution is 6.30. The van der Waals surface area contributed by atoms with Gasteiger partial charge in [0, 0.05) is 31.2 Å². The van der Waals surface area contributed by atoms with Gasteiger partial charge in [-0.2, -0.15) is 0 Å². The van der Waals surface area contributed by atoms with Crippen molar-refractivity contribution in [2.24, 2.45) is 5.73 Å². The fraction of sp³-hybridized carbons (Fsp3) is 0.364. The summed E-state index contributed by atoms with van der Waals surface area (Å²) >= 11 is 5.95. The minimum atomic E-state index is -0.683. The van der Waals surface area contributed by atoms with Gasteiger partial charge >= 0.3 is 6.03 Å². The van der Waals surface area contributed by atoms with E-state index in [1.54, 1.807) is 24.3 Å². The first-order valence-corrected chi connectivity index (χ1v) is 10.5. The van der Waals surface area contributed by atoms with Crippen LogP contribution in [0.4, 0.5) is 16.2 Å². The van der Waals surface area contributed by atoms with E-state index in [0.717, 1.165) is 49.7 Å². The van der Waals surface area contributed by atoms with Crippen LogP contribution >= 0.6 is 11.6 Å². The molecule has 7 nitrogen and oxygen atoms in total. The Morgan fingerprint density at radius 1 is 1.07 bits per heavy atom. The molecule has 0 aromatic heterocycles. The van der Waals surface area contributed by atoms with Gasteiger partial charge in [0.2, 0.25) is 5.91 Å². The number of amides is 3. The minimum Gasteiger partial charge on any atom is -0.367 e. The lowest BCUT2D eigenvalue weighted by atomic mass is 10.0. The fourth-order valence-corrected chi connectivity index (χ4v) is 3.79. The van der Waals surface area contributed by atoms with E-state index in [1.807, 2.05) is 24.3 Å². The lowest BCUT2D eigenvalue weighted by molar-refractivity contribution is -0.116. The third-order valence-corrected chi connectivity index (χ3v) is 5.57. The van der Waals surface area contributed by atoms with E-state index in [1.165, 1.54) is 0 Å². The molecular formula is C22H28ClN5O2. The van der Waals surface area contributed by atoms with Crippen LogP contribution in [0.1, 0.15) is 24.9 Å². The number of urea groups is 1. The van der Waals surface area contributed by atoms with E-state index in [4.69, 9.17) is 17.3 Å². The van der Waals surface area contributed by atoms with Crippen molar-refractivity contribution in [2.75, 3.05) is 42.9 Å². The third-order valence-electron chi connectivity index (χ3n) is 5.32. The SMILES string of the molecule is CCN1CCN(c2ccccc2NC(=O)CC(NC(N)=O)c2ccc(Cl)cc2)CC1. The van der Waals surface area contributed by atoms with Crippen molar-refractivity contribution in [1.29, 1.82) is 0 Å². The van der Waals surface area contributed by atoms with Crippen molar-refractivity contribution in [3.05, 3.63) is 59.1 Å². The van der Waals surface area contributed by atoms with Crippen LogP contribution in [0.15, 0.2) is 48.5 Å². The zero-order chi connectivity index (χ0) is 21.5. The number of carbonyl (C=O) groups excluding carboxylic acids is 2. The molecule has 0 bridgehead atoms. The number of carbonyl (C=O) groups is 2. The second kappa shape index (κ2) is 10.3. The Hall–Kier alpha value is -2.77. The Labute approximate surface area is 182 Å².